The first kappa shape index (κ1) is 15.0. The fourth-order valence-corrected chi connectivity index (χ4v) is 2.50. The summed E-state index contributed by atoms with van der Waals surface area (Å²) >= 11 is 0. The molecule has 0 saturated heterocycles. The van der Waals surface area contributed by atoms with E-state index in [-0.39, 0.29) is 12.5 Å². The van der Waals surface area contributed by atoms with Crippen molar-refractivity contribution in [3.05, 3.63) is 65.9 Å². The van der Waals surface area contributed by atoms with Gasteiger partial charge in [-0.25, -0.2) is 0 Å². The number of pyridine rings is 1. The van der Waals surface area contributed by atoms with E-state index in [2.05, 4.69) is 21.7 Å². The first-order valence-corrected chi connectivity index (χ1v) is 7.58. The smallest absolute Gasteiger partial charge is 0.243 e. The Kier molecular flexibility index (Phi) is 4.24. The van der Waals surface area contributed by atoms with Gasteiger partial charge in [-0.05, 0) is 43.2 Å². The number of hydrogen-bond donors (Lipinski definition) is 2. The van der Waals surface area contributed by atoms with E-state index in [9.17, 15) is 4.79 Å². The number of nitrogens with one attached hydrogen (secondary N) is 2. The molecule has 2 N–H and O–H groups in total. The Bertz CT molecular complexity index is 853. The summed E-state index contributed by atoms with van der Waals surface area (Å²) in [5, 5.41) is 7.12. The van der Waals surface area contributed by atoms with Gasteiger partial charge in [0.15, 0.2) is 0 Å². The molecular formula is C19H19N3O. The van der Waals surface area contributed by atoms with Crippen molar-refractivity contribution in [2.45, 2.75) is 13.8 Å². The molecule has 0 spiro atoms. The number of carbonyl (C=O) groups excluding carboxylic acids is 1. The average Bonchev–Trinajstić information content (AvgIpc) is 2.56. The maximum absolute atomic E-state index is 12.2. The highest BCUT2D eigenvalue weighted by Gasteiger charge is 2.07. The number of hydrogen-bond acceptors (Lipinski definition) is 3. The van der Waals surface area contributed by atoms with E-state index in [0.29, 0.717) is 0 Å². The quantitative estimate of drug-likeness (QED) is 0.768. The van der Waals surface area contributed by atoms with Gasteiger partial charge in [0, 0.05) is 17.3 Å². The molecule has 0 aliphatic heterocycles. The number of aryl methyl sites for hydroxylation is 2. The Morgan fingerprint density at radius 2 is 1.87 bits per heavy atom. The van der Waals surface area contributed by atoms with Gasteiger partial charge in [-0.1, -0.05) is 30.3 Å². The summed E-state index contributed by atoms with van der Waals surface area (Å²) in [5.74, 6) is -0.0935. The first-order valence-electron chi connectivity index (χ1n) is 7.58. The number of nitrogens with zero attached hydrogens (tertiary/aromatic N) is 1. The number of anilines is 2. The fraction of sp³-hybridized carbons (Fsp3) is 0.158. The third kappa shape index (κ3) is 3.48. The molecule has 0 aliphatic carbocycles. The minimum Gasteiger partial charge on any atom is -0.376 e. The zero-order valence-electron chi connectivity index (χ0n) is 13.3. The third-order valence-corrected chi connectivity index (χ3v) is 3.74. The molecule has 1 aromatic heterocycles. The van der Waals surface area contributed by atoms with Crippen LogP contribution in [0.4, 0.5) is 11.4 Å². The molecule has 4 nitrogen and oxygen atoms in total. The topological polar surface area (TPSA) is 54.0 Å². The Morgan fingerprint density at radius 3 is 2.74 bits per heavy atom. The molecule has 0 aliphatic rings. The number of carbonyl (C=O) groups is 1. The van der Waals surface area contributed by atoms with Crippen molar-refractivity contribution in [3.8, 4) is 0 Å². The standard InChI is InChI=1S/C19H19N3O/c1-13-8-9-14(2)17(11-13)21-12-18(23)22-16-7-3-5-15-6-4-10-20-19(15)16/h3-11,21H,12H2,1-2H3,(H,22,23). The van der Waals surface area contributed by atoms with Crippen molar-refractivity contribution in [1.82, 2.24) is 4.98 Å². The van der Waals surface area contributed by atoms with Crippen LogP contribution in [0, 0.1) is 13.8 Å². The molecule has 3 aromatic rings. The Labute approximate surface area is 135 Å². The zero-order valence-corrected chi connectivity index (χ0v) is 13.3. The zero-order chi connectivity index (χ0) is 16.2. The van der Waals surface area contributed by atoms with Gasteiger partial charge >= 0.3 is 0 Å². The molecule has 1 heterocycles. The van der Waals surface area contributed by atoms with Crippen LogP contribution < -0.4 is 10.6 Å². The number of aromatic nitrogens is 1. The Balaban J connectivity index is 1.70. The second-order valence-electron chi connectivity index (χ2n) is 5.60. The minimum absolute atomic E-state index is 0.0935. The third-order valence-electron chi connectivity index (χ3n) is 3.74. The van der Waals surface area contributed by atoms with Crippen molar-refractivity contribution in [2.75, 3.05) is 17.2 Å². The van der Waals surface area contributed by atoms with Crippen LogP contribution in [0.2, 0.25) is 0 Å². The van der Waals surface area contributed by atoms with Crippen LogP contribution >= 0.6 is 0 Å². The predicted octanol–water partition coefficient (Wildman–Crippen LogP) is 3.90. The molecule has 0 saturated carbocycles. The minimum atomic E-state index is -0.0935. The van der Waals surface area contributed by atoms with Crippen molar-refractivity contribution in [1.29, 1.82) is 0 Å². The van der Waals surface area contributed by atoms with Crippen molar-refractivity contribution >= 4 is 28.2 Å². The molecule has 3 rings (SSSR count). The number of para-hydroxylation sites is 1. The van der Waals surface area contributed by atoms with Crippen molar-refractivity contribution in [2.24, 2.45) is 0 Å². The van der Waals surface area contributed by atoms with Crippen LogP contribution in [-0.2, 0) is 4.79 Å². The van der Waals surface area contributed by atoms with Gasteiger partial charge in [-0.2, -0.15) is 0 Å². The van der Waals surface area contributed by atoms with Gasteiger partial charge in [0.2, 0.25) is 5.91 Å². The van der Waals surface area contributed by atoms with Crippen LogP contribution in [0.1, 0.15) is 11.1 Å². The SMILES string of the molecule is Cc1ccc(C)c(NCC(=O)Nc2cccc3cccnc23)c1. The van der Waals surface area contributed by atoms with Gasteiger partial charge in [-0.3, -0.25) is 9.78 Å². The highest BCUT2D eigenvalue weighted by molar-refractivity contribution is 6.01. The average molecular weight is 305 g/mol. The van der Waals surface area contributed by atoms with Crippen LogP contribution in [0.25, 0.3) is 10.9 Å². The molecule has 2 aromatic carbocycles. The summed E-state index contributed by atoms with van der Waals surface area (Å²) < 4.78 is 0. The normalized spacial score (nSPS) is 10.5. The molecule has 0 radical (unpaired) electrons. The fourth-order valence-electron chi connectivity index (χ4n) is 2.50. The summed E-state index contributed by atoms with van der Waals surface area (Å²) in [6.07, 6.45) is 1.73. The van der Waals surface area contributed by atoms with Gasteiger partial charge in [-0.15, -0.1) is 0 Å². The lowest BCUT2D eigenvalue weighted by Crippen LogP contribution is -2.22. The number of fused-ring (bicyclic) bond motifs is 1. The number of rotatable bonds is 4. The summed E-state index contributed by atoms with van der Waals surface area (Å²) in [6, 6.07) is 15.8. The number of amides is 1. The summed E-state index contributed by atoms with van der Waals surface area (Å²) in [6.45, 7) is 4.27. The maximum Gasteiger partial charge on any atom is 0.243 e. The van der Waals surface area contributed by atoms with E-state index in [1.807, 2.05) is 56.3 Å². The number of benzene rings is 2. The lowest BCUT2D eigenvalue weighted by molar-refractivity contribution is -0.114. The van der Waals surface area contributed by atoms with Gasteiger partial charge in [0.05, 0.1) is 17.7 Å². The molecule has 0 fully saturated rings. The molecular weight excluding hydrogens is 286 g/mol. The summed E-state index contributed by atoms with van der Waals surface area (Å²) in [7, 11) is 0. The van der Waals surface area contributed by atoms with E-state index in [0.717, 1.165) is 33.4 Å². The molecule has 0 atom stereocenters. The lowest BCUT2D eigenvalue weighted by Gasteiger charge is -2.11. The molecule has 4 heteroatoms. The molecule has 116 valence electrons. The van der Waals surface area contributed by atoms with Gasteiger partial charge in [0.1, 0.15) is 0 Å². The monoisotopic (exact) mass is 305 g/mol. The van der Waals surface area contributed by atoms with E-state index >= 15 is 0 Å². The lowest BCUT2D eigenvalue weighted by atomic mass is 10.1. The molecule has 1 amide bonds. The summed E-state index contributed by atoms with van der Waals surface area (Å²) in [5.41, 5.74) is 4.80. The van der Waals surface area contributed by atoms with E-state index < -0.39 is 0 Å². The van der Waals surface area contributed by atoms with Crippen LogP contribution in [0.15, 0.2) is 54.7 Å². The Morgan fingerprint density at radius 1 is 1.04 bits per heavy atom. The van der Waals surface area contributed by atoms with E-state index in [1.54, 1.807) is 6.20 Å². The van der Waals surface area contributed by atoms with E-state index in [4.69, 9.17) is 0 Å². The highest BCUT2D eigenvalue weighted by atomic mass is 16.1. The molecule has 23 heavy (non-hydrogen) atoms. The van der Waals surface area contributed by atoms with Gasteiger partial charge in [0.25, 0.3) is 0 Å². The Hall–Kier alpha value is -2.88. The van der Waals surface area contributed by atoms with Crippen LogP contribution in [-0.4, -0.2) is 17.4 Å². The predicted molar refractivity (Wildman–Crippen MR) is 94.8 cm³/mol. The molecule has 0 unspecified atom stereocenters. The van der Waals surface area contributed by atoms with E-state index in [1.165, 1.54) is 0 Å². The second-order valence-corrected chi connectivity index (χ2v) is 5.60. The van der Waals surface area contributed by atoms with Crippen molar-refractivity contribution in [3.63, 3.8) is 0 Å². The largest absolute Gasteiger partial charge is 0.376 e. The summed E-state index contributed by atoms with van der Waals surface area (Å²) in [4.78, 5) is 16.6. The van der Waals surface area contributed by atoms with Crippen LogP contribution in [0.5, 0.6) is 0 Å². The van der Waals surface area contributed by atoms with Crippen LogP contribution in [0.3, 0.4) is 0 Å². The maximum atomic E-state index is 12.2. The highest BCUT2D eigenvalue weighted by Crippen LogP contribution is 2.21. The van der Waals surface area contributed by atoms with Gasteiger partial charge < -0.3 is 10.6 Å². The molecule has 0 bridgehead atoms. The second kappa shape index (κ2) is 6.48. The van der Waals surface area contributed by atoms with Crippen molar-refractivity contribution < 1.29 is 4.79 Å². The first-order chi connectivity index (χ1) is 11.1.